The third kappa shape index (κ3) is 5.78. The van der Waals surface area contributed by atoms with Crippen molar-refractivity contribution in [3.63, 3.8) is 0 Å². The predicted octanol–water partition coefficient (Wildman–Crippen LogP) is 7.24. The molecule has 5 nitrogen and oxygen atoms in total. The Morgan fingerprint density at radius 3 is 2.19 bits per heavy atom. The molecule has 6 aliphatic rings. The molecule has 3 aromatic rings. The van der Waals surface area contributed by atoms with Crippen LogP contribution in [0.25, 0.3) is 11.1 Å². The molecule has 4 aliphatic carbocycles. The van der Waals surface area contributed by atoms with E-state index in [1.165, 1.54) is 63.7 Å². The third-order valence-corrected chi connectivity index (χ3v) is 13.0. The number of nitrogens with zero attached hydrogens (tertiary/aromatic N) is 2. The Bertz CT molecular complexity index is 1540. The summed E-state index contributed by atoms with van der Waals surface area (Å²) >= 11 is 0. The molecule has 4 bridgehead atoms. The highest BCUT2D eigenvalue weighted by Gasteiger charge is 2.52. The lowest BCUT2D eigenvalue weighted by molar-refractivity contribution is -0.0835. The minimum absolute atomic E-state index is 0.00506. The number of aromatic nitrogens is 1. The van der Waals surface area contributed by atoms with Crippen molar-refractivity contribution in [1.29, 1.82) is 0 Å². The van der Waals surface area contributed by atoms with E-state index < -0.39 is 9.84 Å². The van der Waals surface area contributed by atoms with Crippen molar-refractivity contribution < 1.29 is 13.2 Å². The summed E-state index contributed by atoms with van der Waals surface area (Å²) in [4.78, 5) is 6.97. The van der Waals surface area contributed by atoms with Crippen LogP contribution in [0, 0.1) is 23.2 Å². The molecule has 43 heavy (non-hydrogen) atoms. The van der Waals surface area contributed by atoms with E-state index in [-0.39, 0.29) is 17.1 Å². The first kappa shape index (κ1) is 27.8. The Morgan fingerprint density at radius 2 is 1.51 bits per heavy atom. The minimum Gasteiger partial charge on any atom is -0.487 e. The molecule has 226 valence electrons. The first-order chi connectivity index (χ1) is 20.8. The summed E-state index contributed by atoms with van der Waals surface area (Å²) in [6, 6.07) is 19.9. The van der Waals surface area contributed by atoms with Crippen molar-refractivity contribution in [3.05, 3.63) is 83.7 Å². The lowest BCUT2D eigenvalue weighted by Gasteiger charge is -2.58. The van der Waals surface area contributed by atoms with Crippen molar-refractivity contribution in [2.45, 2.75) is 81.3 Å². The number of piperidine rings is 1. The van der Waals surface area contributed by atoms with E-state index in [4.69, 9.17) is 4.74 Å². The number of pyridine rings is 1. The lowest BCUT2D eigenvalue weighted by atomic mass is 9.49. The van der Waals surface area contributed by atoms with Gasteiger partial charge >= 0.3 is 0 Å². The van der Waals surface area contributed by atoms with E-state index in [1.807, 2.05) is 30.3 Å². The molecule has 2 aliphatic heterocycles. The van der Waals surface area contributed by atoms with Gasteiger partial charge in [0.05, 0.1) is 17.2 Å². The van der Waals surface area contributed by atoms with Gasteiger partial charge in [-0.1, -0.05) is 36.4 Å². The lowest BCUT2D eigenvalue weighted by Crippen LogP contribution is -2.55. The fourth-order valence-electron chi connectivity index (χ4n) is 9.94. The first-order valence-electron chi connectivity index (χ1n) is 16.6. The second-order valence-electron chi connectivity index (χ2n) is 14.9. The molecule has 6 heteroatoms. The van der Waals surface area contributed by atoms with Crippen LogP contribution < -0.4 is 4.74 Å². The zero-order valence-electron chi connectivity index (χ0n) is 25.2. The SMILES string of the molecule is O=S(=O)(Cc1ccc(-c2ccc3c(c2)CCC2(CCN(CC45CC6CC(CC(C6)C4)C5)CC2)O3)cc1)Cc1ccccn1. The fraction of sp³-hybridized carbons (Fsp3) is 0.541. The van der Waals surface area contributed by atoms with Crippen LogP contribution in [-0.2, 0) is 27.8 Å². The van der Waals surface area contributed by atoms with Gasteiger partial charge in [-0.3, -0.25) is 4.98 Å². The van der Waals surface area contributed by atoms with Crippen LogP contribution in [0.15, 0.2) is 66.9 Å². The van der Waals surface area contributed by atoms with E-state index in [0.29, 0.717) is 11.1 Å². The van der Waals surface area contributed by atoms with Gasteiger partial charge in [-0.15, -0.1) is 0 Å². The number of ether oxygens (including phenoxy) is 1. The Morgan fingerprint density at radius 1 is 0.814 bits per heavy atom. The summed E-state index contributed by atoms with van der Waals surface area (Å²) in [5, 5.41) is 0. The van der Waals surface area contributed by atoms with Crippen LogP contribution in [0.4, 0.5) is 0 Å². The second kappa shape index (κ2) is 10.7. The van der Waals surface area contributed by atoms with Crippen LogP contribution >= 0.6 is 0 Å². The topological polar surface area (TPSA) is 59.5 Å². The molecular formula is C37H44N2O3S. The average Bonchev–Trinajstić information content (AvgIpc) is 2.98. The van der Waals surface area contributed by atoms with Crippen molar-refractivity contribution in [3.8, 4) is 16.9 Å². The van der Waals surface area contributed by atoms with E-state index in [0.717, 1.165) is 65.9 Å². The van der Waals surface area contributed by atoms with Crippen LogP contribution in [0.2, 0.25) is 0 Å². The van der Waals surface area contributed by atoms with Gasteiger partial charge in [-0.2, -0.15) is 0 Å². The Labute approximate surface area is 257 Å². The number of rotatable bonds is 7. The maximum atomic E-state index is 12.7. The van der Waals surface area contributed by atoms with E-state index in [9.17, 15) is 8.42 Å². The number of sulfone groups is 1. The van der Waals surface area contributed by atoms with Gasteiger partial charge < -0.3 is 9.64 Å². The summed E-state index contributed by atoms with van der Waals surface area (Å²) < 4.78 is 32.3. The van der Waals surface area contributed by atoms with Gasteiger partial charge in [-0.25, -0.2) is 8.42 Å². The molecule has 0 N–H and O–H groups in total. The zero-order chi connectivity index (χ0) is 29.1. The minimum atomic E-state index is -3.29. The molecule has 0 amide bonds. The van der Waals surface area contributed by atoms with Gasteiger partial charge in [0.2, 0.25) is 0 Å². The molecule has 0 unspecified atom stereocenters. The Hall–Kier alpha value is -2.70. The molecule has 0 radical (unpaired) electrons. The van der Waals surface area contributed by atoms with Gasteiger partial charge in [0.1, 0.15) is 11.4 Å². The maximum Gasteiger partial charge on any atom is 0.160 e. The van der Waals surface area contributed by atoms with Gasteiger partial charge in [0.25, 0.3) is 0 Å². The standard InChI is InChI=1S/C37H44N2O3S/c40-43(41,25-34-3-1-2-14-38-34)24-27-4-6-31(7-5-27)32-8-9-35-33(20-32)10-11-37(42-35)12-15-39(16-13-37)26-36-21-28-17-29(22-36)19-30(18-28)23-36/h1-9,14,20,28-30H,10-13,15-19,21-26H2. The largest absolute Gasteiger partial charge is 0.487 e. The van der Waals surface area contributed by atoms with Crippen LogP contribution in [0.5, 0.6) is 5.75 Å². The highest BCUT2D eigenvalue weighted by atomic mass is 32.2. The van der Waals surface area contributed by atoms with Crippen LogP contribution in [0.3, 0.4) is 0 Å². The molecule has 9 rings (SSSR count). The molecule has 1 aromatic heterocycles. The molecule has 2 aromatic carbocycles. The number of likely N-dealkylation sites (tertiary alicyclic amines) is 1. The number of fused-ring (bicyclic) bond motifs is 1. The molecular weight excluding hydrogens is 552 g/mol. The quantitative estimate of drug-likeness (QED) is 0.288. The summed E-state index contributed by atoms with van der Waals surface area (Å²) in [7, 11) is -3.29. The van der Waals surface area contributed by atoms with Gasteiger partial charge in [0.15, 0.2) is 9.84 Å². The van der Waals surface area contributed by atoms with E-state index in [2.05, 4.69) is 28.1 Å². The van der Waals surface area contributed by atoms with Crippen molar-refractivity contribution >= 4 is 9.84 Å². The average molecular weight is 597 g/mol. The summed E-state index contributed by atoms with van der Waals surface area (Å²) in [5.41, 5.74) is 5.56. The fourth-order valence-corrected chi connectivity index (χ4v) is 11.4. The first-order valence-corrected chi connectivity index (χ1v) is 18.4. The predicted molar refractivity (Wildman–Crippen MR) is 170 cm³/mol. The van der Waals surface area contributed by atoms with Crippen molar-refractivity contribution in [2.24, 2.45) is 23.2 Å². The number of aryl methyl sites for hydroxylation is 1. The molecule has 5 fully saturated rings. The van der Waals surface area contributed by atoms with E-state index >= 15 is 0 Å². The van der Waals surface area contributed by atoms with Crippen molar-refractivity contribution in [2.75, 3.05) is 19.6 Å². The second-order valence-corrected chi connectivity index (χ2v) is 16.9. The molecule has 4 saturated carbocycles. The zero-order valence-corrected chi connectivity index (χ0v) is 26.0. The normalized spacial score (nSPS) is 29.3. The van der Waals surface area contributed by atoms with Crippen molar-refractivity contribution in [1.82, 2.24) is 9.88 Å². The highest BCUT2D eigenvalue weighted by Crippen LogP contribution is 2.60. The van der Waals surface area contributed by atoms with E-state index in [1.54, 1.807) is 18.3 Å². The molecule has 1 saturated heterocycles. The maximum absolute atomic E-state index is 12.7. The number of hydrogen-bond donors (Lipinski definition) is 0. The van der Waals surface area contributed by atoms with Gasteiger partial charge in [-0.05, 0) is 134 Å². The molecule has 0 atom stereocenters. The summed E-state index contributed by atoms with van der Waals surface area (Å²) in [5.74, 6) is 4.12. The summed E-state index contributed by atoms with van der Waals surface area (Å²) in [6.45, 7) is 3.69. The molecule has 1 spiro atoms. The van der Waals surface area contributed by atoms with Crippen LogP contribution in [-0.4, -0.2) is 43.5 Å². The smallest absolute Gasteiger partial charge is 0.160 e. The highest BCUT2D eigenvalue weighted by molar-refractivity contribution is 7.89. The monoisotopic (exact) mass is 596 g/mol. The number of benzene rings is 2. The number of hydrogen-bond acceptors (Lipinski definition) is 5. The van der Waals surface area contributed by atoms with Gasteiger partial charge in [0, 0.05) is 25.8 Å². The Balaban J connectivity index is 0.884. The summed E-state index contributed by atoms with van der Waals surface area (Å²) in [6.07, 6.45) is 15.2. The Kier molecular flexibility index (Phi) is 6.94. The molecule has 3 heterocycles. The van der Waals surface area contributed by atoms with Crippen LogP contribution in [0.1, 0.15) is 74.6 Å². The third-order valence-electron chi connectivity index (χ3n) is 11.5.